The number of halogens is 2. The molecule has 1 heterocycles. The van der Waals surface area contributed by atoms with Gasteiger partial charge in [0.1, 0.15) is 0 Å². The van der Waals surface area contributed by atoms with E-state index in [-0.39, 0.29) is 5.69 Å². The summed E-state index contributed by atoms with van der Waals surface area (Å²) in [4.78, 5) is 24.7. The molecule has 7 heteroatoms. The number of likely N-dealkylation sites (tertiary alicyclic amines) is 1. The molecule has 0 bridgehead atoms. The van der Waals surface area contributed by atoms with Crippen LogP contribution in [0, 0.1) is 23.5 Å². The molecule has 21 heavy (non-hydrogen) atoms. The van der Waals surface area contributed by atoms with Gasteiger partial charge in [-0.15, -0.1) is 0 Å². The van der Waals surface area contributed by atoms with Crippen molar-refractivity contribution in [1.82, 2.24) is 4.90 Å². The molecule has 2 amide bonds. The molecule has 2 atom stereocenters. The van der Waals surface area contributed by atoms with E-state index in [0.717, 1.165) is 0 Å². The van der Waals surface area contributed by atoms with Gasteiger partial charge < -0.3 is 15.3 Å². The summed E-state index contributed by atoms with van der Waals surface area (Å²) in [6.07, 6.45) is 0. The van der Waals surface area contributed by atoms with Crippen LogP contribution < -0.4 is 5.32 Å². The van der Waals surface area contributed by atoms with Crippen LogP contribution in [-0.4, -0.2) is 35.1 Å². The van der Waals surface area contributed by atoms with Gasteiger partial charge in [0.15, 0.2) is 11.6 Å². The number of aromatic carboxylic acids is 1. The van der Waals surface area contributed by atoms with E-state index in [2.05, 4.69) is 5.32 Å². The molecule has 2 rings (SSSR count). The highest BCUT2D eigenvalue weighted by atomic mass is 19.2. The predicted octanol–water partition coefficient (Wildman–Crippen LogP) is 2.78. The van der Waals surface area contributed by atoms with Gasteiger partial charge in [-0.25, -0.2) is 18.4 Å². The van der Waals surface area contributed by atoms with Crippen molar-refractivity contribution in [3.63, 3.8) is 0 Å². The largest absolute Gasteiger partial charge is 0.478 e. The van der Waals surface area contributed by atoms with E-state index in [4.69, 9.17) is 5.11 Å². The summed E-state index contributed by atoms with van der Waals surface area (Å²) in [5.41, 5.74) is -0.735. The highest BCUT2D eigenvalue weighted by Crippen LogP contribution is 2.25. The van der Waals surface area contributed by atoms with Crippen molar-refractivity contribution < 1.29 is 23.5 Å². The third-order valence-electron chi connectivity index (χ3n) is 3.81. The summed E-state index contributed by atoms with van der Waals surface area (Å²) in [5.74, 6) is -3.25. The van der Waals surface area contributed by atoms with Crippen molar-refractivity contribution >= 4 is 17.7 Å². The normalized spacial score (nSPS) is 21.4. The Morgan fingerprint density at radius 1 is 1.19 bits per heavy atom. The molecule has 2 unspecified atom stereocenters. The quantitative estimate of drug-likeness (QED) is 0.882. The van der Waals surface area contributed by atoms with Gasteiger partial charge in [-0.3, -0.25) is 0 Å². The second kappa shape index (κ2) is 5.67. The number of urea groups is 1. The average molecular weight is 298 g/mol. The van der Waals surface area contributed by atoms with E-state index in [1.54, 1.807) is 0 Å². The van der Waals surface area contributed by atoms with Gasteiger partial charge in [-0.2, -0.15) is 0 Å². The molecular weight excluding hydrogens is 282 g/mol. The topological polar surface area (TPSA) is 69.6 Å². The van der Waals surface area contributed by atoms with Crippen molar-refractivity contribution in [3.05, 3.63) is 29.3 Å². The fraction of sp³-hybridized carbons (Fsp3) is 0.429. The van der Waals surface area contributed by atoms with Crippen LogP contribution in [0.15, 0.2) is 12.1 Å². The predicted molar refractivity (Wildman–Crippen MR) is 72.2 cm³/mol. The van der Waals surface area contributed by atoms with E-state index in [1.165, 1.54) is 4.90 Å². The lowest BCUT2D eigenvalue weighted by Gasteiger charge is -2.18. The standard InChI is InChI=1S/C14H16F2N2O3/c1-7-5-18(6-8(7)2)14(21)17-12-4-11(16)10(15)3-9(12)13(19)20/h3-4,7-8H,5-6H2,1-2H3,(H,17,21)(H,19,20). The van der Waals surface area contributed by atoms with Crippen molar-refractivity contribution in [2.45, 2.75) is 13.8 Å². The second-order valence-corrected chi connectivity index (χ2v) is 5.41. The number of hydrogen-bond acceptors (Lipinski definition) is 2. The number of carbonyl (C=O) groups is 2. The minimum absolute atomic E-state index is 0.251. The summed E-state index contributed by atoms with van der Waals surface area (Å²) < 4.78 is 26.3. The molecule has 1 aliphatic rings. The van der Waals surface area contributed by atoms with Crippen molar-refractivity contribution in [2.24, 2.45) is 11.8 Å². The van der Waals surface area contributed by atoms with E-state index >= 15 is 0 Å². The number of nitrogens with zero attached hydrogens (tertiary/aromatic N) is 1. The van der Waals surface area contributed by atoms with Crippen LogP contribution >= 0.6 is 0 Å². The molecule has 0 saturated carbocycles. The fourth-order valence-electron chi connectivity index (χ4n) is 2.32. The number of carboxylic acids is 1. The van der Waals surface area contributed by atoms with Gasteiger partial charge in [0.05, 0.1) is 11.3 Å². The van der Waals surface area contributed by atoms with Gasteiger partial charge in [0.25, 0.3) is 0 Å². The van der Waals surface area contributed by atoms with Crippen LogP contribution in [0.2, 0.25) is 0 Å². The van der Waals surface area contributed by atoms with Gasteiger partial charge in [0.2, 0.25) is 0 Å². The molecule has 0 aliphatic carbocycles. The maximum atomic E-state index is 13.2. The zero-order valence-electron chi connectivity index (χ0n) is 11.7. The monoisotopic (exact) mass is 298 g/mol. The van der Waals surface area contributed by atoms with E-state index in [1.807, 2.05) is 13.8 Å². The molecule has 1 saturated heterocycles. The lowest BCUT2D eigenvalue weighted by Crippen LogP contribution is -2.33. The van der Waals surface area contributed by atoms with Crippen LogP contribution in [0.25, 0.3) is 0 Å². The molecule has 0 spiro atoms. The summed E-state index contributed by atoms with van der Waals surface area (Å²) in [7, 11) is 0. The number of anilines is 1. The molecular formula is C14H16F2N2O3. The van der Waals surface area contributed by atoms with Gasteiger partial charge in [0, 0.05) is 19.2 Å². The second-order valence-electron chi connectivity index (χ2n) is 5.41. The Balaban J connectivity index is 2.21. The molecule has 1 aromatic carbocycles. The van der Waals surface area contributed by atoms with Crippen LogP contribution in [0.3, 0.4) is 0 Å². The van der Waals surface area contributed by atoms with Crippen LogP contribution in [-0.2, 0) is 0 Å². The summed E-state index contributed by atoms with van der Waals surface area (Å²) in [6.45, 7) is 5.11. The first-order chi connectivity index (χ1) is 9.79. The number of rotatable bonds is 2. The SMILES string of the molecule is CC1CN(C(=O)Nc2cc(F)c(F)cc2C(=O)O)CC1C. The van der Waals surface area contributed by atoms with Crippen LogP contribution in [0.5, 0.6) is 0 Å². The maximum Gasteiger partial charge on any atom is 0.337 e. The zero-order chi connectivity index (χ0) is 15.7. The highest BCUT2D eigenvalue weighted by Gasteiger charge is 2.30. The van der Waals surface area contributed by atoms with E-state index < -0.39 is 29.2 Å². The third kappa shape index (κ3) is 3.12. The first-order valence-electron chi connectivity index (χ1n) is 6.58. The van der Waals surface area contributed by atoms with Gasteiger partial charge in [-0.05, 0) is 17.9 Å². The molecule has 0 radical (unpaired) electrons. The molecule has 2 N–H and O–H groups in total. The van der Waals surface area contributed by atoms with E-state index in [9.17, 15) is 18.4 Å². The Labute approximate surface area is 120 Å². The zero-order valence-corrected chi connectivity index (χ0v) is 11.7. The Morgan fingerprint density at radius 3 is 2.24 bits per heavy atom. The molecule has 1 aromatic rings. The summed E-state index contributed by atoms with van der Waals surface area (Å²) in [5, 5.41) is 11.3. The summed E-state index contributed by atoms with van der Waals surface area (Å²) >= 11 is 0. The van der Waals surface area contributed by atoms with Crippen molar-refractivity contribution in [3.8, 4) is 0 Å². The van der Waals surface area contributed by atoms with Gasteiger partial charge >= 0.3 is 12.0 Å². The molecule has 0 aromatic heterocycles. The molecule has 1 aliphatic heterocycles. The number of carbonyl (C=O) groups excluding carboxylic acids is 1. The summed E-state index contributed by atoms with van der Waals surface area (Å²) in [6, 6.07) is 0.724. The fourth-order valence-corrected chi connectivity index (χ4v) is 2.32. The molecule has 1 fully saturated rings. The Bertz CT molecular complexity index is 582. The Kier molecular flexibility index (Phi) is 4.11. The number of carboxylic acid groups (broad SMARTS) is 1. The van der Waals surface area contributed by atoms with Crippen LogP contribution in [0.4, 0.5) is 19.3 Å². The maximum absolute atomic E-state index is 13.2. The Morgan fingerprint density at radius 2 is 1.71 bits per heavy atom. The molecule has 114 valence electrons. The lowest BCUT2D eigenvalue weighted by atomic mass is 10.0. The number of amides is 2. The number of hydrogen-bond donors (Lipinski definition) is 2. The lowest BCUT2D eigenvalue weighted by molar-refractivity contribution is 0.0697. The van der Waals surface area contributed by atoms with Gasteiger partial charge in [-0.1, -0.05) is 13.8 Å². The first kappa shape index (κ1) is 15.2. The number of nitrogens with one attached hydrogen (secondary N) is 1. The van der Waals surface area contributed by atoms with E-state index in [0.29, 0.717) is 37.1 Å². The van der Waals surface area contributed by atoms with Crippen LogP contribution in [0.1, 0.15) is 24.2 Å². The average Bonchev–Trinajstić information content (AvgIpc) is 2.73. The number of benzene rings is 1. The smallest absolute Gasteiger partial charge is 0.337 e. The van der Waals surface area contributed by atoms with Crippen molar-refractivity contribution in [2.75, 3.05) is 18.4 Å². The Hall–Kier alpha value is -2.18. The third-order valence-corrected chi connectivity index (χ3v) is 3.81. The van der Waals surface area contributed by atoms with Crippen molar-refractivity contribution in [1.29, 1.82) is 0 Å². The minimum atomic E-state index is -1.44. The highest BCUT2D eigenvalue weighted by molar-refractivity contribution is 6.00. The minimum Gasteiger partial charge on any atom is -0.478 e. The molecule has 5 nitrogen and oxygen atoms in total. The first-order valence-corrected chi connectivity index (χ1v) is 6.58.